The predicted molar refractivity (Wildman–Crippen MR) is 112 cm³/mol. The Kier molecular flexibility index (Phi) is 6.43. The zero-order chi connectivity index (χ0) is 20.1. The molecule has 0 aliphatic rings. The Morgan fingerprint density at radius 2 is 1.96 bits per heavy atom. The largest absolute Gasteiger partial charge is 0.497 e. The summed E-state index contributed by atoms with van der Waals surface area (Å²) in [5.41, 5.74) is 2.22. The van der Waals surface area contributed by atoms with Crippen LogP contribution in [0.1, 0.15) is 27.6 Å². The first-order chi connectivity index (χ1) is 13.5. The second-order valence-electron chi connectivity index (χ2n) is 5.65. The number of halogens is 1. The molecule has 0 atom stereocenters. The van der Waals surface area contributed by atoms with Crippen molar-refractivity contribution in [3.63, 3.8) is 0 Å². The Balaban J connectivity index is 1.97. The Morgan fingerprint density at radius 3 is 2.61 bits per heavy atom. The molecule has 0 aliphatic heterocycles. The van der Waals surface area contributed by atoms with E-state index in [-0.39, 0.29) is 12.5 Å². The van der Waals surface area contributed by atoms with Crippen LogP contribution in [0.2, 0.25) is 0 Å². The Labute approximate surface area is 174 Å². The van der Waals surface area contributed by atoms with Gasteiger partial charge in [-0.2, -0.15) is 0 Å². The molecular formula is C20H17BrN2O4S. The van der Waals surface area contributed by atoms with E-state index in [4.69, 9.17) is 9.47 Å². The van der Waals surface area contributed by atoms with E-state index in [0.717, 1.165) is 5.56 Å². The van der Waals surface area contributed by atoms with Crippen molar-refractivity contribution >= 4 is 44.1 Å². The summed E-state index contributed by atoms with van der Waals surface area (Å²) in [5, 5.41) is 5.05. The van der Waals surface area contributed by atoms with E-state index >= 15 is 0 Å². The lowest BCUT2D eigenvalue weighted by molar-refractivity contribution is 0.0529. The van der Waals surface area contributed by atoms with Crippen molar-refractivity contribution in [2.75, 3.05) is 19.0 Å². The lowest BCUT2D eigenvalue weighted by atomic mass is 10.0. The SMILES string of the molecule is CCOC(=O)c1c(-c2ccc(OC)cc2)csc1NC(=O)c1cncc(Br)c1. The summed E-state index contributed by atoms with van der Waals surface area (Å²) in [6, 6.07) is 8.99. The van der Waals surface area contributed by atoms with Gasteiger partial charge in [0.15, 0.2) is 0 Å². The number of carbonyl (C=O) groups is 2. The number of benzene rings is 1. The second kappa shape index (κ2) is 8.99. The molecule has 0 bridgehead atoms. The first-order valence-electron chi connectivity index (χ1n) is 8.38. The first-order valence-corrected chi connectivity index (χ1v) is 10.1. The van der Waals surface area contributed by atoms with Crippen molar-refractivity contribution in [3.8, 4) is 16.9 Å². The van der Waals surface area contributed by atoms with Gasteiger partial charge < -0.3 is 14.8 Å². The average Bonchev–Trinajstić information content (AvgIpc) is 3.11. The number of hydrogen-bond acceptors (Lipinski definition) is 6. The number of hydrogen-bond donors (Lipinski definition) is 1. The number of ether oxygens (including phenoxy) is 2. The van der Waals surface area contributed by atoms with Crippen LogP contribution in [0.5, 0.6) is 5.75 Å². The molecule has 0 saturated carbocycles. The zero-order valence-electron chi connectivity index (χ0n) is 15.2. The molecule has 1 N–H and O–H groups in total. The number of thiophene rings is 1. The molecule has 2 aromatic heterocycles. The van der Waals surface area contributed by atoms with Gasteiger partial charge in [-0.15, -0.1) is 11.3 Å². The zero-order valence-corrected chi connectivity index (χ0v) is 17.6. The molecular weight excluding hydrogens is 444 g/mol. The van der Waals surface area contributed by atoms with Crippen molar-refractivity contribution in [2.24, 2.45) is 0 Å². The molecule has 0 aliphatic carbocycles. The van der Waals surface area contributed by atoms with Gasteiger partial charge in [0.05, 0.1) is 19.3 Å². The fourth-order valence-corrected chi connectivity index (χ4v) is 3.87. The average molecular weight is 461 g/mol. The minimum atomic E-state index is -0.489. The van der Waals surface area contributed by atoms with E-state index in [1.807, 2.05) is 29.6 Å². The molecule has 8 heteroatoms. The maximum atomic E-state index is 12.6. The standard InChI is InChI=1S/C20H17BrN2O4S/c1-3-27-20(25)17-16(12-4-6-15(26-2)7-5-12)11-28-19(17)23-18(24)13-8-14(21)10-22-9-13/h4-11H,3H2,1-2H3,(H,23,24). The van der Waals surface area contributed by atoms with E-state index in [2.05, 4.69) is 26.2 Å². The highest BCUT2D eigenvalue weighted by atomic mass is 79.9. The van der Waals surface area contributed by atoms with Gasteiger partial charge in [0, 0.05) is 27.8 Å². The summed E-state index contributed by atoms with van der Waals surface area (Å²) in [5.74, 6) is -0.132. The minimum Gasteiger partial charge on any atom is -0.497 e. The molecule has 3 aromatic rings. The molecule has 6 nitrogen and oxygen atoms in total. The summed E-state index contributed by atoms with van der Waals surface area (Å²) >= 11 is 4.56. The normalized spacial score (nSPS) is 10.4. The molecule has 0 fully saturated rings. The van der Waals surface area contributed by atoms with Crippen molar-refractivity contribution in [1.29, 1.82) is 0 Å². The van der Waals surface area contributed by atoms with Crippen LogP contribution in [0, 0.1) is 0 Å². The van der Waals surface area contributed by atoms with Crippen molar-refractivity contribution in [3.05, 3.63) is 63.7 Å². The van der Waals surface area contributed by atoms with Gasteiger partial charge in [0.2, 0.25) is 0 Å². The van der Waals surface area contributed by atoms with Gasteiger partial charge in [-0.1, -0.05) is 12.1 Å². The fraction of sp³-hybridized carbons (Fsp3) is 0.150. The monoisotopic (exact) mass is 460 g/mol. The van der Waals surface area contributed by atoms with E-state index in [9.17, 15) is 9.59 Å². The molecule has 0 unspecified atom stereocenters. The predicted octanol–water partition coefficient (Wildman–Crippen LogP) is 5.01. The van der Waals surface area contributed by atoms with Crippen LogP contribution in [0.4, 0.5) is 5.00 Å². The highest BCUT2D eigenvalue weighted by molar-refractivity contribution is 9.10. The topological polar surface area (TPSA) is 77.5 Å². The Bertz CT molecular complexity index is 1000. The number of rotatable bonds is 6. The van der Waals surface area contributed by atoms with Crippen LogP contribution in [0.15, 0.2) is 52.6 Å². The van der Waals surface area contributed by atoms with Gasteiger partial charge in [-0.25, -0.2) is 4.79 Å². The number of nitrogens with zero attached hydrogens (tertiary/aromatic N) is 1. The molecule has 144 valence electrons. The van der Waals surface area contributed by atoms with E-state index in [1.54, 1.807) is 26.3 Å². The van der Waals surface area contributed by atoms with Crippen molar-refractivity contribution < 1.29 is 19.1 Å². The van der Waals surface area contributed by atoms with Crippen molar-refractivity contribution in [1.82, 2.24) is 4.98 Å². The third-order valence-electron chi connectivity index (χ3n) is 3.87. The van der Waals surface area contributed by atoms with Crippen LogP contribution in [-0.2, 0) is 4.74 Å². The van der Waals surface area contributed by atoms with Crippen LogP contribution in [-0.4, -0.2) is 30.6 Å². The molecule has 2 heterocycles. The van der Waals surface area contributed by atoms with Crippen LogP contribution in [0.25, 0.3) is 11.1 Å². The smallest absolute Gasteiger partial charge is 0.341 e. The number of nitrogens with one attached hydrogen (secondary N) is 1. The van der Waals surface area contributed by atoms with Crippen LogP contribution in [0.3, 0.4) is 0 Å². The number of anilines is 1. The Hall–Kier alpha value is -2.71. The molecule has 0 saturated heterocycles. The maximum absolute atomic E-state index is 12.6. The van der Waals surface area contributed by atoms with Crippen LogP contribution >= 0.6 is 27.3 Å². The highest BCUT2D eigenvalue weighted by Gasteiger charge is 2.23. The van der Waals surface area contributed by atoms with Crippen molar-refractivity contribution in [2.45, 2.75) is 6.92 Å². The number of amides is 1. The first kappa shape index (κ1) is 20.0. The Morgan fingerprint density at radius 1 is 1.21 bits per heavy atom. The fourth-order valence-electron chi connectivity index (χ4n) is 2.55. The summed E-state index contributed by atoms with van der Waals surface area (Å²) in [4.78, 5) is 29.2. The van der Waals surface area contributed by atoms with E-state index in [1.165, 1.54) is 17.5 Å². The minimum absolute atomic E-state index is 0.236. The summed E-state index contributed by atoms with van der Waals surface area (Å²) < 4.78 is 11.1. The molecule has 1 aromatic carbocycles. The molecule has 28 heavy (non-hydrogen) atoms. The van der Waals surface area contributed by atoms with E-state index < -0.39 is 5.97 Å². The molecule has 0 radical (unpaired) electrons. The van der Waals surface area contributed by atoms with Gasteiger partial charge in [0.1, 0.15) is 16.3 Å². The summed E-state index contributed by atoms with van der Waals surface area (Å²) in [7, 11) is 1.59. The van der Waals surface area contributed by atoms with Gasteiger partial charge in [0.25, 0.3) is 5.91 Å². The molecule has 3 rings (SSSR count). The van der Waals surface area contributed by atoms with Gasteiger partial charge in [-0.3, -0.25) is 9.78 Å². The third-order valence-corrected chi connectivity index (χ3v) is 5.19. The number of aromatic nitrogens is 1. The number of methoxy groups -OCH3 is 1. The molecule has 1 amide bonds. The lowest BCUT2D eigenvalue weighted by Crippen LogP contribution is -2.15. The third kappa shape index (κ3) is 4.40. The lowest BCUT2D eigenvalue weighted by Gasteiger charge is -2.09. The quantitative estimate of drug-likeness (QED) is 0.523. The van der Waals surface area contributed by atoms with Gasteiger partial charge in [-0.05, 0) is 46.6 Å². The van der Waals surface area contributed by atoms with E-state index in [0.29, 0.717) is 31.9 Å². The summed E-state index contributed by atoms with van der Waals surface area (Å²) in [6.07, 6.45) is 3.05. The molecule has 0 spiro atoms. The number of carbonyl (C=O) groups excluding carboxylic acids is 2. The maximum Gasteiger partial charge on any atom is 0.341 e. The van der Waals surface area contributed by atoms with Crippen LogP contribution < -0.4 is 10.1 Å². The number of esters is 1. The van der Waals surface area contributed by atoms with Gasteiger partial charge >= 0.3 is 5.97 Å². The number of pyridine rings is 1. The highest BCUT2D eigenvalue weighted by Crippen LogP contribution is 2.37. The second-order valence-corrected chi connectivity index (χ2v) is 7.44. The summed E-state index contributed by atoms with van der Waals surface area (Å²) in [6.45, 7) is 1.97.